The van der Waals surface area contributed by atoms with Crippen molar-refractivity contribution >= 4 is 5.91 Å². The molecule has 0 spiro atoms. The van der Waals surface area contributed by atoms with Crippen molar-refractivity contribution in [2.45, 2.75) is 31.7 Å². The van der Waals surface area contributed by atoms with Crippen molar-refractivity contribution in [1.29, 1.82) is 0 Å². The Balaban J connectivity index is 1.72. The molecule has 1 aromatic carbocycles. The Labute approximate surface area is 112 Å². The van der Waals surface area contributed by atoms with Crippen LogP contribution >= 0.6 is 0 Å². The van der Waals surface area contributed by atoms with E-state index in [1.54, 1.807) is 12.5 Å². The van der Waals surface area contributed by atoms with Crippen LogP contribution in [-0.4, -0.2) is 21.5 Å². The van der Waals surface area contributed by atoms with E-state index in [1.165, 1.54) is 12.8 Å². The number of rotatable bonds is 3. The van der Waals surface area contributed by atoms with Gasteiger partial charge in [0, 0.05) is 17.9 Å². The van der Waals surface area contributed by atoms with Gasteiger partial charge in [-0.25, -0.2) is 4.98 Å². The maximum absolute atomic E-state index is 12.1. The molecule has 1 saturated carbocycles. The molecule has 0 unspecified atom stereocenters. The highest BCUT2D eigenvalue weighted by molar-refractivity contribution is 5.92. The molecular formula is C15H17N3O. The van der Waals surface area contributed by atoms with Crippen LogP contribution in [0.1, 0.15) is 36.2 Å². The molecule has 0 atom stereocenters. The first-order valence-corrected chi connectivity index (χ1v) is 6.73. The Morgan fingerprint density at radius 2 is 1.95 bits per heavy atom. The van der Waals surface area contributed by atoms with E-state index >= 15 is 0 Å². The monoisotopic (exact) mass is 255 g/mol. The van der Waals surface area contributed by atoms with Gasteiger partial charge >= 0.3 is 0 Å². The van der Waals surface area contributed by atoms with Crippen molar-refractivity contribution in [3.8, 4) is 5.69 Å². The molecular weight excluding hydrogens is 238 g/mol. The summed E-state index contributed by atoms with van der Waals surface area (Å²) in [5, 5.41) is 3.05. The molecule has 1 fully saturated rings. The molecule has 4 heteroatoms. The van der Waals surface area contributed by atoms with Crippen LogP contribution in [0.25, 0.3) is 5.69 Å². The number of amides is 1. The number of carbonyl (C=O) groups is 1. The zero-order valence-corrected chi connectivity index (χ0v) is 10.7. The standard InChI is InChI=1S/C15H17N3O/c19-15(17-12-6-4-5-7-12)14-10-18(11-16-14)13-8-2-1-3-9-13/h1-3,8-12H,4-7H2,(H,17,19). The minimum Gasteiger partial charge on any atom is -0.348 e. The third-order valence-electron chi connectivity index (χ3n) is 3.56. The number of imidazole rings is 1. The average Bonchev–Trinajstić information content (AvgIpc) is 3.10. The Kier molecular flexibility index (Phi) is 3.31. The lowest BCUT2D eigenvalue weighted by atomic mass is 10.2. The molecule has 1 aliphatic rings. The van der Waals surface area contributed by atoms with Crippen molar-refractivity contribution in [1.82, 2.24) is 14.9 Å². The molecule has 4 nitrogen and oxygen atoms in total. The molecule has 3 rings (SSSR count). The summed E-state index contributed by atoms with van der Waals surface area (Å²) >= 11 is 0. The number of nitrogens with zero attached hydrogens (tertiary/aromatic N) is 2. The fraction of sp³-hybridized carbons (Fsp3) is 0.333. The number of hydrogen-bond acceptors (Lipinski definition) is 2. The summed E-state index contributed by atoms with van der Waals surface area (Å²) < 4.78 is 1.86. The molecule has 1 aromatic heterocycles. The van der Waals surface area contributed by atoms with Crippen molar-refractivity contribution in [3.05, 3.63) is 48.5 Å². The van der Waals surface area contributed by atoms with Gasteiger partial charge in [-0.3, -0.25) is 4.79 Å². The van der Waals surface area contributed by atoms with Crippen LogP contribution in [0.2, 0.25) is 0 Å². The number of hydrogen-bond donors (Lipinski definition) is 1. The molecule has 0 aliphatic heterocycles. The summed E-state index contributed by atoms with van der Waals surface area (Å²) in [6.45, 7) is 0. The van der Waals surface area contributed by atoms with E-state index in [0.29, 0.717) is 11.7 Å². The van der Waals surface area contributed by atoms with E-state index in [1.807, 2.05) is 34.9 Å². The largest absolute Gasteiger partial charge is 0.348 e. The third kappa shape index (κ3) is 2.67. The first-order chi connectivity index (χ1) is 9.33. The van der Waals surface area contributed by atoms with Crippen LogP contribution in [-0.2, 0) is 0 Å². The van der Waals surface area contributed by atoms with Crippen LogP contribution in [0, 0.1) is 0 Å². The first-order valence-electron chi connectivity index (χ1n) is 6.73. The molecule has 1 N–H and O–H groups in total. The number of benzene rings is 1. The van der Waals surface area contributed by atoms with E-state index in [9.17, 15) is 4.79 Å². The highest BCUT2D eigenvalue weighted by atomic mass is 16.2. The summed E-state index contributed by atoms with van der Waals surface area (Å²) in [5.74, 6) is -0.0680. The molecule has 2 aromatic rings. The highest BCUT2D eigenvalue weighted by Crippen LogP contribution is 2.18. The van der Waals surface area contributed by atoms with Crippen LogP contribution in [0.15, 0.2) is 42.9 Å². The van der Waals surface area contributed by atoms with Crippen molar-refractivity contribution in [3.63, 3.8) is 0 Å². The minimum atomic E-state index is -0.0680. The minimum absolute atomic E-state index is 0.0680. The third-order valence-corrected chi connectivity index (χ3v) is 3.56. The summed E-state index contributed by atoms with van der Waals surface area (Å²) in [4.78, 5) is 16.2. The lowest BCUT2D eigenvalue weighted by molar-refractivity contribution is 0.0933. The first kappa shape index (κ1) is 12.0. The number of nitrogens with one attached hydrogen (secondary N) is 1. The van der Waals surface area contributed by atoms with Gasteiger partial charge in [-0.1, -0.05) is 31.0 Å². The van der Waals surface area contributed by atoms with Gasteiger partial charge in [-0.2, -0.15) is 0 Å². The zero-order chi connectivity index (χ0) is 13.1. The number of aromatic nitrogens is 2. The maximum atomic E-state index is 12.1. The zero-order valence-electron chi connectivity index (χ0n) is 10.7. The van der Waals surface area contributed by atoms with Crippen molar-refractivity contribution in [2.24, 2.45) is 0 Å². The van der Waals surface area contributed by atoms with Gasteiger partial charge in [0.1, 0.15) is 12.0 Å². The molecule has 0 bridgehead atoms. The fourth-order valence-corrected chi connectivity index (χ4v) is 2.51. The Morgan fingerprint density at radius 1 is 1.21 bits per heavy atom. The second-order valence-electron chi connectivity index (χ2n) is 4.96. The smallest absolute Gasteiger partial charge is 0.271 e. The molecule has 19 heavy (non-hydrogen) atoms. The van der Waals surface area contributed by atoms with E-state index < -0.39 is 0 Å². The van der Waals surface area contributed by atoms with Crippen LogP contribution in [0.5, 0.6) is 0 Å². The van der Waals surface area contributed by atoms with Gasteiger partial charge in [0.15, 0.2) is 0 Å². The van der Waals surface area contributed by atoms with Crippen LogP contribution in [0.3, 0.4) is 0 Å². The molecule has 0 saturated heterocycles. The predicted octanol–water partition coefficient (Wildman–Crippen LogP) is 2.54. The fourth-order valence-electron chi connectivity index (χ4n) is 2.51. The normalized spacial score (nSPS) is 15.6. The lowest BCUT2D eigenvalue weighted by Crippen LogP contribution is -2.32. The summed E-state index contributed by atoms with van der Waals surface area (Å²) in [6.07, 6.45) is 8.06. The van der Waals surface area contributed by atoms with Gasteiger partial charge in [-0.05, 0) is 25.0 Å². The van der Waals surface area contributed by atoms with E-state index in [4.69, 9.17) is 0 Å². The highest BCUT2D eigenvalue weighted by Gasteiger charge is 2.19. The van der Waals surface area contributed by atoms with E-state index in [-0.39, 0.29) is 5.91 Å². The quantitative estimate of drug-likeness (QED) is 0.916. The lowest BCUT2D eigenvalue weighted by Gasteiger charge is -2.09. The van der Waals surface area contributed by atoms with Gasteiger partial charge < -0.3 is 9.88 Å². The average molecular weight is 255 g/mol. The van der Waals surface area contributed by atoms with Crippen LogP contribution < -0.4 is 5.32 Å². The van der Waals surface area contributed by atoms with Gasteiger partial charge in [0.25, 0.3) is 5.91 Å². The molecule has 98 valence electrons. The molecule has 1 aliphatic carbocycles. The van der Waals surface area contributed by atoms with Gasteiger partial charge in [-0.15, -0.1) is 0 Å². The SMILES string of the molecule is O=C(NC1CCCC1)c1cn(-c2ccccc2)cn1. The Morgan fingerprint density at radius 3 is 2.68 bits per heavy atom. The molecule has 0 radical (unpaired) electrons. The molecule has 1 amide bonds. The van der Waals surface area contributed by atoms with E-state index in [2.05, 4.69) is 10.3 Å². The summed E-state index contributed by atoms with van der Waals surface area (Å²) in [5.41, 5.74) is 1.49. The predicted molar refractivity (Wildman–Crippen MR) is 73.3 cm³/mol. The van der Waals surface area contributed by atoms with Crippen molar-refractivity contribution in [2.75, 3.05) is 0 Å². The number of para-hydroxylation sites is 1. The number of carbonyl (C=O) groups excluding carboxylic acids is 1. The van der Waals surface area contributed by atoms with E-state index in [0.717, 1.165) is 18.5 Å². The van der Waals surface area contributed by atoms with Gasteiger partial charge in [0.2, 0.25) is 0 Å². The van der Waals surface area contributed by atoms with Crippen LogP contribution in [0.4, 0.5) is 0 Å². The Hall–Kier alpha value is -2.10. The summed E-state index contributed by atoms with van der Waals surface area (Å²) in [7, 11) is 0. The topological polar surface area (TPSA) is 46.9 Å². The summed E-state index contributed by atoms with van der Waals surface area (Å²) in [6, 6.07) is 10.2. The second-order valence-corrected chi connectivity index (χ2v) is 4.96. The Bertz CT molecular complexity index is 556. The maximum Gasteiger partial charge on any atom is 0.271 e. The van der Waals surface area contributed by atoms with Crippen molar-refractivity contribution < 1.29 is 4.79 Å². The molecule has 1 heterocycles. The second kappa shape index (κ2) is 5.26. The van der Waals surface area contributed by atoms with Gasteiger partial charge in [0.05, 0.1) is 0 Å².